The molecule has 128 heavy (non-hydrogen) atoms. The van der Waals surface area contributed by atoms with Crippen molar-refractivity contribution in [2.24, 2.45) is 0 Å². The molecular weight excluding hydrogens is 1730 g/mol. The molecule has 22 heteroatoms. The molecular formula is C106H102F3N7O5S7. The van der Waals surface area contributed by atoms with Gasteiger partial charge in [0.2, 0.25) is 0 Å². The second-order valence-corrected chi connectivity index (χ2v) is 39.9. The predicted molar refractivity (Wildman–Crippen MR) is 531 cm³/mol. The Morgan fingerprint density at radius 2 is 0.578 bits per heavy atom. The van der Waals surface area contributed by atoms with Gasteiger partial charge in [0.25, 0.3) is 5.24 Å². The van der Waals surface area contributed by atoms with Gasteiger partial charge in [-0.2, -0.15) is 18.4 Å². The van der Waals surface area contributed by atoms with Gasteiger partial charge >= 0.3 is 18.2 Å². The van der Waals surface area contributed by atoms with Crippen molar-refractivity contribution in [3.8, 4) is 6.07 Å². The summed E-state index contributed by atoms with van der Waals surface area (Å²) >= 11 is 11.8. The Balaban J connectivity index is 0.000000124. The van der Waals surface area contributed by atoms with Gasteiger partial charge in [0, 0.05) is 71.0 Å². The van der Waals surface area contributed by atoms with E-state index in [4.69, 9.17) is 14.7 Å². The first kappa shape index (κ1) is 93.2. The molecule has 2 amide bonds. The molecule has 0 atom stereocenters. The van der Waals surface area contributed by atoms with Crippen molar-refractivity contribution in [1.29, 1.82) is 5.26 Å². The number of nitrogens with zero attached hydrogens (tertiary/aromatic N) is 7. The standard InChI is InChI=1S/C21H19NS.C19H21NO2S.C17H17NO2S.C17H17NOS2.C16H14F3NS.C16H14N2S/c1-14-4-8-17(9-5-14)22-18-10-6-15(2)12-20(18)23-21-13-16(3)7-11-19(21)22;1-4-22-19(21)9-10-20-15-7-5-13(2)11-17(15)23-18-12-14(3)6-8-16(18)20;2*1-4-20-17(19)18-13-7-5-11(2)9-15(13)21-16-10-12(3)6-8-14(16)18;1-10-3-5-12-14(7-10)21-15-8-11(2)4-6-13(15)20(12)9-16(17,18)19;1-11-3-5-13-15(9-11)19-16-10-12(2)4-6-14(16)18(13)8-7-17/h4-13H,1-3H3;5-8,11-12H,4,9-10H2,1-3H3;2*5-10H,4H2,1-3H3;3-8H,9H2,1-2H3;3-6,9-10H,8H2,1-2H3. The fourth-order valence-corrected chi connectivity index (χ4v) is 23.6. The highest BCUT2D eigenvalue weighted by atomic mass is 32.2. The van der Waals surface area contributed by atoms with Crippen LogP contribution in [0.25, 0.3) is 0 Å². The number of carbonyl (C=O) groups is 3. The topological polar surface area (TPSA) is 113 Å². The van der Waals surface area contributed by atoms with Crippen LogP contribution in [0.3, 0.4) is 0 Å². The summed E-state index contributed by atoms with van der Waals surface area (Å²) in [5.74, 6) is 0.637. The number of alkyl halides is 3. The van der Waals surface area contributed by atoms with Crippen molar-refractivity contribution in [2.75, 3.05) is 68.0 Å². The third-order valence-corrected chi connectivity index (χ3v) is 28.8. The number of rotatable bonds is 9. The molecule has 0 radical (unpaired) electrons. The first-order chi connectivity index (χ1) is 61.4. The van der Waals surface area contributed by atoms with Crippen molar-refractivity contribution in [3.63, 3.8) is 0 Å². The third-order valence-electron chi connectivity index (χ3n) is 21.5. The number of aryl methyl sites for hydroxylation is 13. The van der Waals surface area contributed by atoms with Gasteiger partial charge in [-0.05, 0) is 334 Å². The number of carbonyl (C=O) groups excluding carboxylic acids is 3. The molecule has 6 heterocycles. The second-order valence-electron chi connectivity index (χ2n) is 32.2. The number of nitriles is 1. The van der Waals surface area contributed by atoms with E-state index in [1.807, 2.05) is 99.8 Å². The predicted octanol–water partition coefficient (Wildman–Crippen LogP) is 32.1. The van der Waals surface area contributed by atoms with Crippen molar-refractivity contribution in [1.82, 2.24) is 0 Å². The molecule has 654 valence electrons. The second kappa shape index (κ2) is 41.2. The molecule has 0 aliphatic carbocycles. The highest BCUT2D eigenvalue weighted by Crippen LogP contribution is 2.57. The summed E-state index contributed by atoms with van der Waals surface area (Å²) in [6.45, 7) is 33.5. The molecule has 0 aromatic heterocycles. The number of fused-ring (bicyclic) bond motifs is 12. The first-order valence-electron chi connectivity index (χ1n) is 42.5. The van der Waals surface area contributed by atoms with Crippen LogP contribution in [-0.2, 0) is 14.3 Å². The van der Waals surface area contributed by atoms with E-state index in [9.17, 15) is 27.6 Å². The van der Waals surface area contributed by atoms with Gasteiger partial charge in [-0.15, -0.1) is 0 Å². The van der Waals surface area contributed by atoms with E-state index < -0.39 is 12.7 Å². The van der Waals surface area contributed by atoms with Crippen LogP contribution < -0.4 is 29.4 Å². The smallest absolute Gasteiger partial charge is 0.419 e. The van der Waals surface area contributed by atoms with Crippen LogP contribution in [0.1, 0.15) is 99.5 Å². The molecule has 0 spiro atoms. The zero-order chi connectivity index (χ0) is 90.9. The Hall–Kier alpha value is -11.0. The molecule has 0 saturated carbocycles. The molecule has 0 fully saturated rings. The maximum absolute atomic E-state index is 12.9. The number of thioether (sulfide) groups is 1. The average Bonchev–Trinajstić information content (AvgIpc) is 0.738. The summed E-state index contributed by atoms with van der Waals surface area (Å²) in [5, 5.41) is 9.17. The zero-order valence-electron chi connectivity index (χ0n) is 74.7. The van der Waals surface area contributed by atoms with Crippen LogP contribution in [0.15, 0.2) is 301 Å². The zero-order valence-corrected chi connectivity index (χ0v) is 80.4. The molecule has 0 N–H and O–H groups in total. The molecule has 19 rings (SSSR count). The summed E-state index contributed by atoms with van der Waals surface area (Å²) in [6, 6.07) is 86.1. The number of esters is 1. The number of halogens is 3. The number of hydrogen-bond donors (Lipinski definition) is 0. The summed E-state index contributed by atoms with van der Waals surface area (Å²) in [5.41, 5.74) is 29.1. The lowest BCUT2D eigenvalue weighted by atomic mass is 10.1. The van der Waals surface area contributed by atoms with Crippen LogP contribution in [0.5, 0.6) is 0 Å². The summed E-state index contributed by atoms with van der Waals surface area (Å²) < 4.78 is 49.1. The van der Waals surface area contributed by atoms with Gasteiger partial charge < -0.3 is 29.1 Å². The molecule has 0 bridgehead atoms. The quantitative estimate of drug-likeness (QED) is 0.101. The lowest BCUT2D eigenvalue weighted by Crippen LogP contribution is -2.32. The van der Waals surface area contributed by atoms with Gasteiger partial charge in [-0.1, -0.05) is 180 Å². The molecule has 13 aromatic rings. The van der Waals surface area contributed by atoms with Crippen LogP contribution in [0, 0.1) is 101 Å². The fourth-order valence-electron chi connectivity index (χ4n) is 15.4. The summed E-state index contributed by atoms with van der Waals surface area (Å²) in [4.78, 5) is 62.1. The molecule has 0 saturated heterocycles. The minimum atomic E-state index is -4.24. The van der Waals surface area contributed by atoms with Gasteiger partial charge in [0.1, 0.15) is 13.1 Å². The SMILES string of the molecule is CCOC(=O)CCN1c2ccc(C)cc2Sc2cc(C)ccc21.CCOC(=O)N1c2ccc(C)cc2Sc2cc(C)ccc21.CCSC(=O)N1c2ccc(C)cc2Sc2cc(C)ccc21.Cc1ccc(N2c3ccc(C)cc3Sc3cc(C)ccc32)cc1.Cc1ccc2c(c1)Sc1cc(C)ccc1N2CC#N.Cc1ccc2c(c1)Sc1cc(C)ccc1N2CC(F)(F)F. The minimum absolute atomic E-state index is 0.0907. The fraction of sp³-hybridized carbons (Fsp3) is 0.226. The normalized spacial score (nSPS) is 12.9. The van der Waals surface area contributed by atoms with Crippen LogP contribution in [0.4, 0.5) is 96.7 Å². The van der Waals surface area contributed by atoms with E-state index in [1.54, 1.807) is 64.1 Å². The number of ether oxygens (including phenoxy) is 2. The van der Waals surface area contributed by atoms with Crippen molar-refractivity contribution < 1.29 is 37.0 Å². The van der Waals surface area contributed by atoms with Gasteiger partial charge in [-0.25, -0.2) is 9.69 Å². The van der Waals surface area contributed by atoms with Gasteiger partial charge in [-0.3, -0.25) is 14.5 Å². The molecule has 6 aliphatic heterocycles. The van der Waals surface area contributed by atoms with Crippen LogP contribution >= 0.6 is 82.3 Å². The number of amides is 2. The first-order valence-corrected chi connectivity index (χ1v) is 48.4. The molecule has 12 nitrogen and oxygen atoms in total. The van der Waals surface area contributed by atoms with E-state index in [1.165, 1.54) is 147 Å². The Morgan fingerprint density at radius 3 is 0.859 bits per heavy atom. The lowest BCUT2D eigenvalue weighted by Gasteiger charge is -2.33. The highest BCUT2D eigenvalue weighted by molar-refractivity contribution is 8.14. The minimum Gasteiger partial charge on any atom is -0.466 e. The molecule has 13 aromatic carbocycles. The monoisotopic (exact) mass is 1830 g/mol. The van der Waals surface area contributed by atoms with Gasteiger partial charge in [0.05, 0.1) is 94.0 Å². The van der Waals surface area contributed by atoms with E-state index in [2.05, 4.69) is 279 Å². The molecule has 6 aliphatic rings. The van der Waals surface area contributed by atoms with Gasteiger partial charge in [0.15, 0.2) is 0 Å². The van der Waals surface area contributed by atoms with E-state index in [-0.39, 0.29) is 17.3 Å². The third kappa shape index (κ3) is 21.9. The lowest BCUT2D eigenvalue weighted by molar-refractivity contribution is -0.142. The summed E-state index contributed by atoms with van der Waals surface area (Å²) in [7, 11) is 0. The number of anilines is 13. The Labute approximate surface area is 780 Å². The van der Waals surface area contributed by atoms with E-state index in [0.717, 1.165) is 80.4 Å². The summed E-state index contributed by atoms with van der Waals surface area (Å²) in [6.07, 6.45) is -4.18. The largest absolute Gasteiger partial charge is 0.466 e. The Bertz CT molecular complexity index is 5980. The van der Waals surface area contributed by atoms with Crippen LogP contribution in [-0.4, -0.2) is 62.1 Å². The maximum Gasteiger partial charge on any atom is 0.419 e. The van der Waals surface area contributed by atoms with Crippen molar-refractivity contribution >= 4 is 174 Å². The van der Waals surface area contributed by atoms with E-state index >= 15 is 0 Å². The number of hydrogen-bond acceptors (Lipinski definition) is 17. The van der Waals surface area contributed by atoms with E-state index in [0.29, 0.717) is 44.1 Å². The Kier molecular flexibility index (Phi) is 30.0. The maximum atomic E-state index is 12.9. The van der Waals surface area contributed by atoms with Crippen LogP contribution in [0.2, 0.25) is 0 Å². The average molecular weight is 1840 g/mol. The van der Waals surface area contributed by atoms with Crippen molar-refractivity contribution in [2.45, 2.75) is 182 Å². The Morgan fingerprint density at radius 1 is 0.328 bits per heavy atom. The highest BCUT2D eigenvalue weighted by Gasteiger charge is 2.37. The molecule has 0 unspecified atom stereocenters. The number of benzene rings is 13. The van der Waals surface area contributed by atoms with Crippen molar-refractivity contribution in [3.05, 3.63) is 315 Å².